The van der Waals surface area contributed by atoms with Crippen LogP contribution in [0, 0.1) is 0 Å². The first-order chi connectivity index (χ1) is 8.29. The Morgan fingerprint density at radius 2 is 2.47 bits per heavy atom. The molecule has 3 heterocycles. The predicted octanol–water partition coefficient (Wildman–Crippen LogP) is 0.731. The van der Waals surface area contributed by atoms with E-state index in [1.807, 2.05) is 6.08 Å². The summed E-state index contributed by atoms with van der Waals surface area (Å²) in [6.07, 6.45) is 5.39. The molecule has 3 aliphatic rings. The number of likely N-dealkylation sites (tertiary alicyclic amines) is 1. The molecule has 3 atom stereocenters. The van der Waals surface area contributed by atoms with E-state index < -0.39 is 0 Å². The molecule has 6 heteroatoms. The van der Waals surface area contributed by atoms with Crippen LogP contribution in [0.1, 0.15) is 12.8 Å². The molecule has 5 nitrogen and oxygen atoms in total. The standard InChI is InChI=1S/C11H14ClN3O2/c12-11-13-8-3-5-17-9(8)10(14-11)15-4-1-2-7(15)6-16/h3,5,7-9,16H,1-2,4,6H2/t7-,8?,9?/m0/s1. The van der Waals surface area contributed by atoms with Crippen molar-refractivity contribution >= 4 is 22.7 Å². The zero-order chi connectivity index (χ0) is 11.8. The zero-order valence-electron chi connectivity index (χ0n) is 9.29. The highest BCUT2D eigenvalue weighted by molar-refractivity contribution is 6.65. The van der Waals surface area contributed by atoms with Crippen LogP contribution in [0.25, 0.3) is 0 Å². The summed E-state index contributed by atoms with van der Waals surface area (Å²) >= 11 is 5.93. The van der Waals surface area contributed by atoms with E-state index in [9.17, 15) is 5.11 Å². The third-order valence-corrected chi connectivity index (χ3v) is 3.59. The van der Waals surface area contributed by atoms with E-state index >= 15 is 0 Å². The molecule has 0 aromatic heterocycles. The lowest BCUT2D eigenvalue weighted by atomic mass is 10.1. The number of ether oxygens (including phenoxy) is 1. The maximum absolute atomic E-state index is 9.36. The maximum Gasteiger partial charge on any atom is 0.220 e. The number of nitrogens with zero attached hydrogens (tertiary/aromatic N) is 3. The fraction of sp³-hybridized carbons (Fsp3) is 0.636. The average Bonchev–Trinajstić information content (AvgIpc) is 2.95. The molecule has 0 spiro atoms. The highest BCUT2D eigenvalue weighted by Crippen LogP contribution is 2.27. The van der Waals surface area contributed by atoms with Crippen LogP contribution >= 0.6 is 11.6 Å². The second-order valence-corrected chi connectivity index (χ2v) is 4.75. The Labute approximate surface area is 104 Å². The average molecular weight is 256 g/mol. The second-order valence-electron chi connectivity index (χ2n) is 4.42. The fourth-order valence-corrected chi connectivity index (χ4v) is 2.78. The van der Waals surface area contributed by atoms with Crippen molar-refractivity contribution in [2.75, 3.05) is 13.2 Å². The van der Waals surface area contributed by atoms with Crippen molar-refractivity contribution in [1.82, 2.24) is 4.90 Å². The molecule has 92 valence electrons. The summed E-state index contributed by atoms with van der Waals surface area (Å²) in [5.41, 5.74) is 0. The van der Waals surface area contributed by atoms with Crippen molar-refractivity contribution in [2.24, 2.45) is 9.98 Å². The van der Waals surface area contributed by atoms with Crippen LogP contribution in [0.2, 0.25) is 0 Å². The summed E-state index contributed by atoms with van der Waals surface area (Å²) in [7, 11) is 0. The van der Waals surface area contributed by atoms with E-state index in [4.69, 9.17) is 16.3 Å². The van der Waals surface area contributed by atoms with E-state index in [0.717, 1.165) is 25.2 Å². The van der Waals surface area contributed by atoms with Gasteiger partial charge >= 0.3 is 0 Å². The zero-order valence-corrected chi connectivity index (χ0v) is 10.0. The summed E-state index contributed by atoms with van der Waals surface area (Å²) in [4.78, 5) is 10.6. The second kappa shape index (κ2) is 4.31. The molecule has 0 radical (unpaired) electrons. The number of aliphatic hydroxyl groups is 1. The molecular formula is C11H14ClN3O2. The highest BCUT2D eigenvalue weighted by atomic mass is 35.5. The van der Waals surface area contributed by atoms with Crippen molar-refractivity contribution in [1.29, 1.82) is 0 Å². The van der Waals surface area contributed by atoms with E-state index in [0.29, 0.717) is 0 Å². The van der Waals surface area contributed by atoms with Gasteiger partial charge < -0.3 is 14.7 Å². The number of halogens is 1. The molecular weight excluding hydrogens is 242 g/mol. The van der Waals surface area contributed by atoms with Crippen molar-refractivity contribution in [3.63, 3.8) is 0 Å². The Hall–Kier alpha value is -1.07. The summed E-state index contributed by atoms with van der Waals surface area (Å²) in [5, 5.41) is 9.62. The quantitative estimate of drug-likeness (QED) is 0.703. The minimum atomic E-state index is -0.176. The molecule has 3 aliphatic heterocycles. The number of rotatable bonds is 1. The van der Waals surface area contributed by atoms with Crippen molar-refractivity contribution in [3.05, 3.63) is 12.3 Å². The third-order valence-electron chi connectivity index (χ3n) is 3.41. The van der Waals surface area contributed by atoms with Gasteiger partial charge in [-0.1, -0.05) is 0 Å². The molecule has 0 aromatic carbocycles. The van der Waals surface area contributed by atoms with Gasteiger partial charge in [0.05, 0.1) is 18.9 Å². The van der Waals surface area contributed by atoms with Gasteiger partial charge in [0.25, 0.3) is 0 Å². The van der Waals surface area contributed by atoms with Gasteiger partial charge in [-0.15, -0.1) is 0 Å². The number of amidine groups is 2. The van der Waals surface area contributed by atoms with E-state index in [-0.39, 0.29) is 30.1 Å². The summed E-state index contributed by atoms with van der Waals surface area (Å²) in [6.45, 7) is 1.03. The predicted molar refractivity (Wildman–Crippen MR) is 65.3 cm³/mol. The molecule has 3 rings (SSSR count). The van der Waals surface area contributed by atoms with Crippen LogP contribution in [-0.4, -0.2) is 52.5 Å². The first kappa shape index (κ1) is 11.0. The summed E-state index contributed by atoms with van der Waals surface area (Å²) < 4.78 is 5.52. The minimum absolute atomic E-state index is 0.0741. The Morgan fingerprint density at radius 1 is 1.59 bits per heavy atom. The van der Waals surface area contributed by atoms with Gasteiger partial charge in [-0.05, 0) is 30.5 Å². The Morgan fingerprint density at radius 3 is 3.29 bits per heavy atom. The molecule has 0 aromatic rings. The van der Waals surface area contributed by atoms with Gasteiger partial charge in [0.1, 0.15) is 6.04 Å². The largest absolute Gasteiger partial charge is 0.488 e. The van der Waals surface area contributed by atoms with Crippen molar-refractivity contribution in [3.8, 4) is 0 Å². The van der Waals surface area contributed by atoms with E-state index in [2.05, 4.69) is 14.9 Å². The first-order valence-corrected chi connectivity index (χ1v) is 6.19. The molecule has 17 heavy (non-hydrogen) atoms. The van der Waals surface area contributed by atoms with E-state index in [1.165, 1.54) is 0 Å². The maximum atomic E-state index is 9.36. The topological polar surface area (TPSA) is 57.4 Å². The molecule has 0 amide bonds. The fourth-order valence-electron chi connectivity index (χ4n) is 2.58. The number of aliphatic imine (C=N–C) groups is 2. The van der Waals surface area contributed by atoms with Gasteiger partial charge in [0.2, 0.25) is 5.29 Å². The Bertz CT molecular complexity index is 408. The van der Waals surface area contributed by atoms with Crippen LogP contribution in [0.5, 0.6) is 0 Å². The third kappa shape index (κ3) is 1.83. The van der Waals surface area contributed by atoms with Gasteiger partial charge in [-0.25, -0.2) is 9.98 Å². The number of hydrogen-bond acceptors (Lipinski definition) is 5. The lowest BCUT2D eigenvalue weighted by molar-refractivity contribution is 0.172. The van der Waals surface area contributed by atoms with Crippen LogP contribution < -0.4 is 0 Å². The van der Waals surface area contributed by atoms with Gasteiger partial charge in [0.15, 0.2) is 11.9 Å². The van der Waals surface area contributed by atoms with Gasteiger partial charge in [-0.2, -0.15) is 0 Å². The number of hydrogen-bond donors (Lipinski definition) is 1. The molecule has 0 saturated carbocycles. The monoisotopic (exact) mass is 255 g/mol. The lowest BCUT2D eigenvalue weighted by Gasteiger charge is -2.32. The molecule has 1 saturated heterocycles. The summed E-state index contributed by atoms with van der Waals surface area (Å²) in [6, 6.07) is 0.0520. The molecule has 0 aliphatic carbocycles. The normalized spacial score (nSPS) is 35.4. The van der Waals surface area contributed by atoms with Crippen LogP contribution in [0.4, 0.5) is 0 Å². The van der Waals surface area contributed by atoms with Gasteiger partial charge in [0, 0.05) is 6.54 Å². The SMILES string of the molecule is OC[C@@H]1CCCN1C1=NC(Cl)=NC2C=COC12. The first-order valence-electron chi connectivity index (χ1n) is 5.81. The number of fused-ring (bicyclic) bond motifs is 1. The van der Waals surface area contributed by atoms with Crippen molar-refractivity contribution in [2.45, 2.75) is 31.0 Å². The molecule has 1 fully saturated rings. The number of aliphatic hydroxyl groups excluding tert-OH is 1. The van der Waals surface area contributed by atoms with Gasteiger partial charge in [-0.3, -0.25) is 0 Å². The lowest BCUT2D eigenvalue weighted by Crippen LogP contribution is -2.48. The summed E-state index contributed by atoms with van der Waals surface area (Å²) in [5.74, 6) is 0.802. The minimum Gasteiger partial charge on any atom is -0.488 e. The Kier molecular flexibility index (Phi) is 2.80. The molecule has 0 bridgehead atoms. The van der Waals surface area contributed by atoms with Crippen molar-refractivity contribution < 1.29 is 9.84 Å². The van der Waals surface area contributed by atoms with Crippen LogP contribution in [0.3, 0.4) is 0 Å². The van der Waals surface area contributed by atoms with E-state index in [1.54, 1.807) is 6.26 Å². The van der Waals surface area contributed by atoms with Crippen LogP contribution in [0.15, 0.2) is 22.3 Å². The Balaban J connectivity index is 1.88. The van der Waals surface area contributed by atoms with Crippen LogP contribution in [-0.2, 0) is 4.74 Å². The smallest absolute Gasteiger partial charge is 0.220 e. The molecule has 2 unspecified atom stereocenters. The highest BCUT2D eigenvalue weighted by Gasteiger charge is 2.39. The molecule has 1 N–H and O–H groups in total.